The summed E-state index contributed by atoms with van der Waals surface area (Å²) in [5.74, 6) is 0.454. The zero-order valence-corrected chi connectivity index (χ0v) is 11.2. The zero-order chi connectivity index (χ0) is 13.2. The van der Waals surface area contributed by atoms with Gasteiger partial charge in [-0.15, -0.1) is 0 Å². The molecule has 0 saturated heterocycles. The highest BCUT2D eigenvalue weighted by atomic mass is 16.4. The molecule has 2 unspecified atom stereocenters. The van der Waals surface area contributed by atoms with Crippen molar-refractivity contribution in [3.05, 3.63) is 28.7 Å². The largest absolute Gasteiger partial charge is 0.417 e. The van der Waals surface area contributed by atoms with Crippen LogP contribution < -0.4 is 11.1 Å². The van der Waals surface area contributed by atoms with Gasteiger partial charge in [-0.05, 0) is 43.4 Å². The standard InChI is InChI=1S/C15H20N2O2/c1-10-3-2-4-11(6-5-10)16-12-7-8-14-13(9-12)17-15(18)19-14/h7-11,16H,2-6H2,1H3,(H,17,18). The first-order valence-corrected chi connectivity index (χ1v) is 7.10. The minimum Gasteiger partial charge on any atom is -0.408 e. The van der Waals surface area contributed by atoms with Crippen molar-refractivity contribution in [3.8, 4) is 0 Å². The Morgan fingerprint density at radius 3 is 3.05 bits per heavy atom. The number of benzene rings is 1. The lowest BCUT2D eigenvalue weighted by molar-refractivity contribution is 0.502. The van der Waals surface area contributed by atoms with E-state index in [2.05, 4.69) is 17.2 Å². The average Bonchev–Trinajstić information content (AvgIpc) is 2.62. The molecule has 1 aromatic heterocycles. The molecular formula is C15H20N2O2. The Morgan fingerprint density at radius 2 is 2.16 bits per heavy atom. The van der Waals surface area contributed by atoms with Crippen molar-refractivity contribution in [2.24, 2.45) is 5.92 Å². The van der Waals surface area contributed by atoms with E-state index < -0.39 is 5.76 Å². The normalized spacial score (nSPS) is 24.3. The Bertz CT molecular complexity index is 614. The average molecular weight is 260 g/mol. The second kappa shape index (κ2) is 5.11. The first-order chi connectivity index (χ1) is 9.20. The smallest absolute Gasteiger partial charge is 0.408 e. The first-order valence-electron chi connectivity index (χ1n) is 7.10. The summed E-state index contributed by atoms with van der Waals surface area (Å²) in [7, 11) is 0. The van der Waals surface area contributed by atoms with E-state index >= 15 is 0 Å². The van der Waals surface area contributed by atoms with E-state index in [0.717, 1.165) is 17.1 Å². The fourth-order valence-corrected chi connectivity index (χ4v) is 2.91. The van der Waals surface area contributed by atoms with Crippen LogP contribution in [-0.2, 0) is 0 Å². The molecule has 1 fully saturated rings. The molecule has 4 nitrogen and oxygen atoms in total. The number of H-pyrrole nitrogens is 1. The van der Waals surface area contributed by atoms with Gasteiger partial charge in [0.25, 0.3) is 0 Å². The minimum atomic E-state index is -0.393. The lowest BCUT2D eigenvalue weighted by Gasteiger charge is -2.17. The van der Waals surface area contributed by atoms with Crippen molar-refractivity contribution in [1.82, 2.24) is 4.98 Å². The van der Waals surface area contributed by atoms with Gasteiger partial charge in [0.05, 0.1) is 5.52 Å². The van der Waals surface area contributed by atoms with E-state index in [9.17, 15) is 4.79 Å². The molecule has 1 aliphatic rings. The van der Waals surface area contributed by atoms with Crippen molar-refractivity contribution in [3.63, 3.8) is 0 Å². The Labute approximate surface area is 112 Å². The Hall–Kier alpha value is -1.71. The van der Waals surface area contributed by atoms with Crippen LogP contribution in [-0.4, -0.2) is 11.0 Å². The van der Waals surface area contributed by atoms with Crippen molar-refractivity contribution >= 4 is 16.8 Å². The lowest BCUT2D eigenvalue weighted by Crippen LogP contribution is -2.18. The van der Waals surface area contributed by atoms with E-state index in [1.54, 1.807) is 0 Å². The van der Waals surface area contributed by atoms with E-state index in [1.807, 2.05) is 18.2 Å². The summed E-state index contributed by atoms with van der Waals surface area (Å²) in [5, 5.41) is 3.58. The topological polar surface area (TPSA) is 58.0 Å². The summed E-state index contributed by atoms with van der Waals surface area (Å²) in [6.45, 7) is 2.34. The molecule has 0 bridgehead atoms. The second-order valence-electron chi connectivity index (χ2n) is 5.68. The molecule has 2 aromatic rings. The number of hydrogen-bond acceptors (Lipinski definition) is 3. The van der Waals surface area contributed by atoms with Crippen LogP contribution in [0.5, 0.6) is 0 Å². The van der Waals surface area contributed by atoms with Crippen LogP contribution in [0.1, 0.15) is 39.0 Å². The van der Waals surface area contributed by atoms with Crippen LogP contribution >= 0.6 is 0 Å². The van der Waals surface area contributed by atoms with Gasteiger partial charge >= 0.3 is 5.76 Å². The summed E-state index contributed by atoms with van der Waals surface area (Å²) in [6.07, 6.45) is 6.38. The molecule has 0 spiro atoms. The lowest BCUT2D eigenvalue weighted by atomic mass is 10.0. The van der Waals surface area contributed by atoms with E-state index in [-0.39, 0.29) is 0 Å². The summed E-state index contributed by atoms with van der Waals surface area (Å²) < 4.78 is 5.01. The number of aromatic amines is 1. The number of aromatic nitrogens is 1. The Kier molecular flexibility index (Phi) is 3.32. The number of oxazole rings is 1. The number of anilines is 1. The third-order valence-corrected chi connectivity index (χ3v) is 4.05. The molecule has 1 heterocycles. The van der Waals surface area contributed by atoms with Crippen molar-refractivity contribution < 1.29 is 4.42 Å². The molecule has 0 radical (unpaired) electrons. The quantitative estimate of drug-likeness (QED) is 0.812. The molecule has 0 amide bonds. The molecular weight excluding hydrogens is 240 g/mol. The molecule has 1 aliphatic carbocycles. The van der Waals surface area contributed by atoms with Crippen molar-refractivity contribution in [2.75, 3.05) is 5.32 Å². The second-order valence-corrected chi connectivity index (χ2v) is 5.68. The highest BCUT2D eigenvalue weighted by molar-refractivity contribution is 5.76. The van der Waals surface area contributed by atoms with Gasteiger partial charge in [0.1, 0.15) is 0 Å². The number of hydrogen-bond donors (Lipinski definition) is 2. The van der Waals surface area contributed by atoms with Gasteiger partial charge in [-0.25, -0.2) is 4.79 Å². The molecule has 102 valence electrons. The van der Waals surface area contributed by atoms with Crippen LogP contribution in [0.4, 0.5) is 5.69 Å². The van der Waals surface area contributed by atoms with Gasteiger partial charge < -0.3 is 9.73 Å². The van der Waals surface area contributed by atoms with Crippen LogP contribution in [0.15, 0.2) is 27.4 Å². The zero-order valence-electron chi connectivity index (χ0n) is 11.2. The SMILES string of the molecule is CC1CCCC(Nc2ccc3oc(=O)[nH]c3c2)CC1. The van der Waals surface area contributed by atoms with Gasteiger partial charge in [-0.2, -0.15) is 0 Å². The van der Waals surface area contributed by atoms with E-state index in [4.69, 9.17) is 4.42 Å². The third-order valence-electron chi connectivity index (χ3n) is 4.05. The molecule has 1 saturated carbocycles. The van der Waals surface area contributed by atoms with Crippen LogP contribution in [0, 0.1) is 5.92 Å². The monoisotopic (exact) mass is 260 g/mol. The highest BCUT2D eigenvalue weighted by Crippen LogP contribution is 2.25. The predicted molar refractivity (Wildman–Crippen MR) is 76.5 cm³/mol. The molecule has 4 heteroatoms. The minimum absolute atomic E-state index is 0.393. The number of rotatable bonds is 2. The van der Waals surface area contributed by atoms with Crippen LogP contribution in [0.2, 0.25) is 0 Å². The van der Waals surface area contributed by atoms with Crippen molar-refractivity contribution in [2.45, 2.75) is 45.1 Å². The maximum absolute atomic E-state index is 11.1. The molecule has 1 aromatic carbocycles. The van der Waals surface area contributed by atoms with E-state index in [0.29, 0.717) is 11.6 Å². The van der Waals surface area contributed by atoms with Gasteiger partial charge in [0.2, 0.25) is 0 Å². The molecule has 3 rings (SSSR count). The van der Waals surface area contributed by atoms with Crippen molar-refractivity contribution in [1.29, 1.82) is 0 Å². The van der Waals surface area contributed by atoms with Crippen LogP contribution in [0.25, 0.3) is 11.1 Å². The van der Waals surface area contributed by atoms with E-state index in [1.165, 1.54) is 32.1 Å². The fraction of sp³-hybridized carbons (Fsp3) is 0.533. The van der Waals surface area contributed by atoms with Crippen LogP contribution in [0.3, 0.4) is 0 Å². The van der Waals surface area contributed by atoms with Gasteiger partial charge in [-0.3, -0.25) is 4.98 Å². The van der Waals surface area contributed by atoms with Gasteiger partial charge in [0, 0.05) is 11.7 Å². The first kappa shape index (κ1) is 12.3. The predicted octanol–water partition coefficient (Wildman–Crippen LogP) is 3.50. The molecule has 2 atom stereocenters. The maximum atomic E-state index is 11.1. The number of nitrogens with one attached hydrogen (secondary N) is 2. The summed E-state index contributed by atoms with van der Waals surface area (Å²) in [5.41, 5.74) is 2.44. The Balaban J connectivity index is 1.75. The van der Waals surface area contributed by atoms with Gasteiger partial charge in [0.15, 0.2) is 5.58 Å². The summed E-state index contributed by atoms with van der Waals surface area (Å²) >= 11 is 0. The molecule has 19 heavy (non-hydrogen) atoms. The third kappa shape index (κ3) is 2.83. The number of fused-ring (bicyclic) bond motifs is 1. The van der Waals surface area contributed by atoms with Gasteiger partial charge in [-0.1, -0.05) is 19.8 Å². The highest BCUT2D eigenvalue weighted by Gasteiger charge is 2.16. The molecule has 2 N–H and O–H groups in total. The Morgan fingerprint density at radius 1 is 1.26 bits per heavy atom. The fourth-order valence-electron chi connectivity index (χ4n) is 2.91. The molecule has 0 aliphatic heterocycles. The maximum Gasteiger partial charge on any atom is 0.417 e. The summed E-state index contributed by atoms with van der Waals surface area (Å²) in [6, 6.07) is 6.32. The summed E-state index contributed by atoms with van der Waals surface area (Å²) in [4.78, 5) is 13.8.